The predicted octanol–water partition coefficient (Wildman–Crippen LogP) is 5.96. The average Bonchev–Trinajstić information content (AvgIpc) is 3.49. The van der Waals surface area contributed by atoms with E-state index in [4.69, 9.17) is 14.2 Å². The topological polar surface area (TPSA) is 90.9 Å². The van der Waals surface area contributed by atoms with Gasteiger partial charge >= 0.3 is 18.0 Å². The van der Waals surface area contributed by atoms with E-state index in [1.165, 1.54) is 0 Å². The van der Waals surface area contributed by atoms with Crippen LogP contribution in [0.2, 0.25) is 0 Å². The van der Waals surface area contributed by atoms with Gasteiger partial charge in [-0.25, -0.2) is 4.79 Å². The number of carbonyl (C=O) groups excluding carboxylic acids is 3. The lowest BCUT2D eigenvalue weighted by atomic mass is 9.89. The third-order valence-corrected chi connectivity index (χ3v) is 6.94. The highest BCUT2D eigenvalue weighted by atomic mass is 16.6. The Labute approximate surface area is 229 Å². The molecule has 0 bridgehead atoms. The maximum absolute atomic E-state index is 13.4. The van der Waals surface area contributed by atoms with Crippen molar-refractivity contribution in [2.45, 2.75) is 58.0 Å². The SMILES string of the molecule is O=C(NC(CC1CCCC1)C(C(=O)OCc1ccccc1)C(=O)OCc1ccccc1)OCc1ccccc1. The zero-order valence-corrected chi connectivity index (χ0v) is 22.0. The van der Waals surface area contributed by atoms with Gasteiger partial charge < -0.3 is 19.5 Å². The molecule has 1 unspecified atom stereocenters. The van der Waals surface area contributed by atoms with Crippen molar-refractivity contribution in [3.63, 3.8) is 0 Å². The summed E-state index contributed by atoms with van der Waals surface area (Å²) in [5.41, 5.74) is 2.43. The second-order valence-electron chi connectivity index (χ2n) is 9.86. The second-order valence-corrected chi connectivity index (χ2v) is 9.86. The maximum atomic E-state index is 13.4. The summed E-state index contributed by atoms with van der Waals surface area (Å²) in [4.78, 5) is 39.7. The summed E-state index contributed by atoms with van der Waals surface area (Å²) in [6.07, 6.45) is 3.86. The molecule has 7 nitrogen and oxygen atoms in total. The van der Waals surface area contributed by atoms with Crippen LogP contribution in [0.4, 0.5) is 4.79 Å². The predicted molar refractivity (Wildman–Crippen MR) is 146 cm³/mol. The summed E-state index contributed by atoms with van der Waals surface area (Å²) in [6.45, 7) is 0.0951. The van der Waals surface area contributed by atoms with Crippen LogP contribution in [0.25, 0.3) is 0 Å². The summed E-state index contributed by atoms with van der Waals surface area (Å²) in [7, 11) is 0. The lowest BCUT2D eigenvalue weighted by Gasteiger charge is -2.27. The highest BCUT2D eigenvalue weighted by molar-refractivity contribution is 5.96. The molecule has 0 aliphatic heterocycles. The molecule has 1 fully saturated rings. The molecular formula is C32H35NO6. The Hall–Kier alpha value is -4.13. The Bertz CT molecular complexity index is 1120. The van der Waals surface area contributed by atoms with E-state index in [9.17, 15) is 14.4 Å². The highest BCUT2D eigenvalue weighted by Gasteiger charge is 2.40. The molecule has 39 heavy (non-hydrogen) atoms. The van der Waals surface area contributed by atoms with Crippen LogP contribution in [0.3, 0.4) is 0 Å². The standard InChI is InChI=1S/C32H35NO6/c34-30(37-21-25-14-4-1-5-15-25)29(31(35)38-22-26-16-6-2-7-17-26)28(20-24-12-10-11-13-24)33-32(36)39-23-27-18-8-3-9-19-27/h1-9,14-19,24,28-29H,10-13,20-23H2,(H,33,36). The summed E-state index contributed by atoms with van der Waals surface area (Å²) >= 11 is 0. The Kier molecular flexibility index (Phi) is 10.5. The van der Waals surface area contributed by atoms with Gasteiger partial charge in [0.25, 0.3) is 0 Å². The molecule has 1 atom stereocenters. The number of nitrogens with one attached hydrogen (secondary N) is 1. The maximum Gasteiger partial charge on any atom is 0.407 e. The fraction of sp³-hybridized carbons (Fsp3) is 0.344. The monoisotopic (exact) mass is 529 g/mol. The van der Waals surface area contributed by atoms with E-state index in [-0.39, 0.29) is 25.7 Å². The van der Waals surface area contributed by atoms with Gasteiger partial charge in [-0.15, -0.1) is 0 Å². The number of amides is 1. The Morgan fingerprint density at radius 3 is 1.49 bits per heavy atom. The molecule has 0 aromatic heterocycles. The number of rotatable bonds is 12. The van der Waals surface area contributed by atoms with Gasteiger partial charge in [-0.2, -0.15) is 0 Å². The number of hydrogen-bond acceptors (Lipinski definition) is 6. The third kappa shape index (κ3) is 8.99. The zero-order valence-electron chi connectivity index (χ0n) is 22.0. The van der Waals surface area contributed by atoms with Crippen LogP contribution >= 0.6 is 0 Å². The molecule has 1 aliphatic rings. The van der Waals surface area contributed by atoms with Crippen LogP contribution in [0.1, 0.15) is 48.8 Å². The van der Waals surface area contributed by atoms with Gasteiger partial charge in [-0.3, -0.25) is 9.59 Å². The molecule has 0 saturated heterocycles. The third-order valence-electron chi connectivity index (χ3n) is 6.94. The normalized spacial score (nSPS) is 14.0. The van der Waals surface area contributed by atoms with Crippen LogP contribution in [-0.4, -0.2) is 24.1 Å². The first-order valence-corrected chi connectivity index (χ1v) is 13.5. The minimum Gasteiger partial charge on any atom is -0.460 e. The highest BCUT2D eigenvalue weighted by Crippen LogP contribution is 2.31. The summed E-state index contributed by atoms with van der Waals surface area (Å²) in [5, 5.41) is 2.81. The van der Waals surface area contributed by atoms with Gasteiger partial charge in [0.15, 0.2) is 5.92 Å². The minimum atomic E-state index is -1.33. The molecule has 0 radical (unpaired) electrons. The number of esters is 2. The largest absolute Gasteiger partial charge is 0.460 e. The van der Waals surface area contributed by atoms with Crippen molar-refractivity contribution >= 4 is 18.0 Å². The van der Waals surface area contributed by atoms with Gasteiger partial charge in [0.05, 0.1) is 6.04 Å². The molecule has 3 aromatic carbocycles. The second kappa shape index (κ2) is 14.7. The van der Waals surface area contributed by atoms with Crippen LogP contribution in [0.5, 0.6) is 0 Å². The molecule has 1 N–H and O–H groups in total. The number of alkyl carbamates (subject to hydrolysis) is 1. The Balaban J connectivity index is 1.50. The van der Waals surface area contributed by atoms with Crippen LogP contribution in [0, 0.1) is 11.8 Å². The molecule has 1 saturated carbocycles. The Morgan fingerprint density at radius 1 is 0.641 bits per heavy atom. The first-order valence-electron chi connectivity index (χ1n) is 13.5. The van der Waals surface area contributed by atoms with Crippen molar-refractivity contribution < 1.29 is 28.6 Å². The molecule has 3 aromatic rings. The Morgan fingerprint density at radius 2 is 1.05 bits per heavy atom. The van der Waals surface area contributed by atoms with Crippen LogP contribution in [-0.2, 0) is 43.6 Å². The molecule has 204 valence electrons. The van der Waals surface area contributed by atoms with Crippen LogP contribution < -0.4 is 5.32 Å². The molecule has 1 aliphatic carbocycles. The van der Waals surface area contributed by atoms with E-state index in [1.807, 2.05) is 91.0 Å². The zero-order chi connectivity index (χ0) is 27.3. The number of carbonyl (C=O) groups is 3. The van der Waals surface area contributed by atoms with Crippen molar-refractivity contribution in [2.75, 3.05) is 0 Å². The van der Waals surface area contributed by atoms with Crippen molar-refractivity contribution in [3.05, 3.63) is 108 Å². The van der Waals surface area contributed by atoms with Gasteiger partial charge in [-0.05, 0) is 29.0 Å². The fourth-order valence-electron chi connectivity index (χ4n) is 4.86. The average molecular weight is 530 g/mol. The lowest BCUT2D eigenvalue weighted by Crippen LogP contribution is -2.48. The molecule has 4 rings (SSSR count). The van der Waals surface area contributed by atoms with E-state index < -0.39 is 30.0 Å². The lowest BCUT2D eigenvalue weighted by molar-refractivity contribution is -0.165. The van der Waals surface area contributed by atoms with E-state index in [1.54, 1.807) is 0 Å². The first-order chi connectivity index (χ1) is 19.1. The summed E-state index contributed by atoms with van der Waals surface area (Å²) in [5.74, 6) is -2.52. The quantitative estimate of drug-likeness (QED) is 0.177. The van der Waals surface area contributed by atoms with Gasteiger partial charge in [-0.1, -0.05) is 117 Å². The van der Waals surface area contributed by atoms with Crippen molar-refractivity contribution in [1.29, 1.82) is 0 Å². The van der Waals surface area contributed by atoms with E-state index >= 15 is 0 Å². The van der Waals surface area contributed by atoms with Gasteiger partial charge in [0.1, 0.15) is 19.8 Å². The summed E-state index contributed by atoms with van der Waals surface area (Å²) < 4.78 is 16.6. The summed E-state index contributed by atoms with van der Waals surface area (Å²) in [6, 6.07) is 27.0. The van der Waals surface area contributed by atoms with Crippen molar-refractivity contribution in [2.24, 2.45) is 11.8 Å². The first kappa shape index (κ1) is 27.9. The van der Waals surface area contributed by atoms with Crippen molar-refractivity contribution in [1.82, 2.24) is 5.32 Å². The molecular weight excluding hydrogens is 494 g/mol. The number of hydrogen-bond donors (Lipinski definition) is 1. The minimum absolute atomic E-state index is 0.0107. The molecule has 7 heteroatoms. The smallest absolute Gasteiger partial charge is 0.407 e. The van der Waals surface area contributed by atoms with E-state index in [0.29, 0.717) is 6.42 Å². The molecule has 0 spiro atoms. The number of ether oxygens (including phenoxy) is 3. The number of benzene rings is 3. The van der Waals surface area contributed by atoms with Gasteiger partial charge in [0.2, 0.25) is 0 Å². The van der Waals surface area contributed by atoms with Crippen molar-refractivity contribution in [3.8, 4) is 0 Å². The molecule has 1 amide bonds. The fourth-order valence-corrected chi connectivity index (χ4v) is 4.86. The van der Waals surface area contributed by atoms with Gasteiger partial charge in [0, 0.05) is 0 Å². The molecule has 0 heterocycles. The van der Waals surface area contributed by atoms with E-state index in [2.05, 4.69) is 5.32 Å². The van der Waals surface area contributed by atoms with Crippen LogP contribution in [0.15, 0.2) is 91.0 Å². The van der Waals surface area contributed by atoms with E-state index in [0.717, 1.165) is 42.4 Å².